The lowest BCUT2D eigenvalue weighted by atomic mass is 9.79. The van der Waals surface area contributed by atoms with E-state index < -0.39 is 0 Å². The molecule has 6 atom stereocenters. The van der Waals surface area contributed by atoms with E-state index in [-0.39, 0.29) is 0 Å². The quantitative estimate of drug-likeness (QED) is 0.811. The number of hydrogen-bond acceptors (Lipinski definition) is 2. The highest BCUT2D eigenvalue weighted by Gasteiger charge is 2.45. The molecule has 0 radical (unpaired) electrons. The molecule has 4 aliphatic rings. The average molecular weight is 233 g/mol. The van der Waals surface area contributed by atoms with Gasteiger partial charge in [0.05, 0.1) is 0 Å². The lowest BCUT2D eigenvalue weighted by Crippen LogP contribution is -2.30. The number of hydrogen-bond donors (Lipinski definition) is 1. The second kappa shape index (κ2) is 3.81. The monoisotopic (exact) mass is 233 g/mol. The third-order valence-electron chi connectivity index (χ3n) is 6.06. The van der Waals surface area contributed by atoms with E-state index in [1.165, 1.54) is 38.5 Å². The Balaban J connectivity index is 1.38. The Hall–Kier alpha value is -0.370. The van der Waals surface area contributed by atoms with Crippen molar-refractivity contribution in [3.63, 3.8) is 0 Å². The van der Waals surface area contributed by atoms with Crippen molar-refractivity contribution in [1.29, 1.82) is 0 Å². The van der Waals surface area contributed by atoms with Gasteiger partial charge < -0.3 is 5.32 Å². The van der Waals surface area contributed by atoms with Gasteiger partial charge in [-0.2, -0.15) is 0 Å². The summed E-state index contributed by atoms with van der Waals surface area (Å²) in [6, 6.07) is 1.22. The van der Waals surface area contributed by atoms with Crippen molar-refractivity contribution in [2.45, 2.75) is 63.5 Å². The van der Waals surface area contributed by atoms with Crippen LogP contribution in [0.25, 0.3) is 0 Å². The van der Waals surface area contributed by atoms with Crippen molar-refractivity contribution < 1.29 is 4.79 Å². The zero-order valence-electron chi connectivity index (χ0n) is 10.5. The van der Waals surface area contributed by atoms with E-state index in [1.807, 2.05) is 0 Å². The molecule has 0 amide bonds. The van der Waals surface area contributed by atoms with Crippen LogP contribution in [0.5, 0.6) is 0 Å². The number of Topliss-reactive ketones (excluding diaryl/α,β-unsaturated/α-hetero) is 1. The summed E-state index contributed by atoms with van der Waals surface area (Å²) >= 11 is 0. The van der Waals surface area contributed by atoms with Crippen LogP contribution >= 0.6 is 0 Å². The molecule has 0 aromatic heterocycles. The molecule has 0 aromatic carbocycles. The number of nitrogens with one attached hydrogen (secondary N) is 1. The molecule has 2 heteroatoms. The molecule has 2 saturated heterocycles. The fraction of sp³-hybridized carbons (Fsp3) is 0.933. The van der Waals surface area contributed by atoms with Crippen LogP contribution in [-0.4, -0.2) is 17.9 Å². The molecule has 4 rings (SSSR count). The van der Waals surface area contributed by atoms with Gasteiger partial charge in [0.1, 0.15) is 5.78 Å². The molecular formula is C15H23NO. The van der Waals surface area contributed by atoms with Crippen molar-refractivity contribution in [2.24, 2.45) is 23.7 Å². The minimum absolute atomic E-state index is 0.382. The van der Waals surface area contributed by atoms with Gasteiger partial charge in [-0.1, -0.05) is 6.42 Å². The Bertz CT molecular complexity index is 340. The Morgan fingerprint density at radius 2 is 2.00 bits per heavy atom. The summed E-state index contributed by atoms with van der Waals surface area (Å²) in [6.45, 7) is 0. The first-order valence-corrected chi connectivity index (χ1v) is 7.58. The maximum atomic E-state index is 12.4. The molecule has 94 valence electrons. The summed E-state index contributed by atoms with van der Waals surface area (Å²) in [5, 5.41) is 3.60. The van der Waals surface area contributed by atoms with Crippen molar-refractivity contribution >= 4 is 5.78 Å². The van der Waals surface area contributed by atoms with Gasteiger partial charge in [-0.25, -0.2) is 0 Å². The molecule has 2 aliphatic carbocycles. The number of ketones is 1. The van der Waals surface area contributed by atoms with Gasteiger partial charge in [0.15, 0.2) is 0 Å². The van der Waals surface area contributed by atoms with Crippen LogP contribution in [-0.2, 0) is 4.79 Å². The number of fused-ring (bicyclic) bond motifs is 4. The van der Waals surface area contributed by atoms with Gasteiger partial charge in [0, 0.05) is 24.4 Å². The first-order chi connectivity index (χ1) is 8.29. The van der Waals surface area contributed by atoms with Crippen LogP contribution in [0.3, 0.4) is 0 Å². The second-order valence-electron chi connectivity index (χ2n) is 7.00. The molecule has 2 saturated carbocycles. The predicted molar refractivity (Wildman–Crippen MR) is 66.6 cm³/mol. The maximum Gasteiger partial charge on any atom is 0.137 e. The maximum absolute atomic E-state index is 12.4. The van der Waals surface area contributed by atoms with E-state index in [0.29, 0.717) is 23.8 Å². The van der Waals surface area contributed by atoms with E-state index in [9.17, 15) is 4.79 Å². The third-order valence-corrected chi connectivity index (χ3v) is 6.06. The van der Waals surface area contributed by atoms with Gasteiger partial charge in [0.25, 0.3) is 0 Å². The summed E-state index contributed by atoms with van der Waals surface area (Å²) in [6.07, 6.45) is 10.3. The SMILES string of the molecule is O=C(CC1CC2CCC1C2)C1CC2CCC1N2. The minimum Gasteiger partial charge on any atom is -0.310 e. The highest BCUT2D eigenvalue weighted by Crippen LogP contribution is 2.50. The Morgan fingerprint density at radius 1 is 1.06 bits per heavy atom. The molecule has 2 heterocycles. The van der Waals surface area contributed by atoms with E-state index >= 15 is 0 Å². The van der Waals surface area contributed by atoms with E-state index in [1.54, 1.807) is 0 Å². The standard InChI is InChI=1S/C15H23NO/c17-15(13-8-12-3-4-14(13)16-12)7-11-6-9-1-2-10(11)5-9/h9-14,16H,1-8H2. The van der Waals surface area contributed by atoms with Gasteiger partial charge in [0.2, 0.25) is 0 Å². The second-order valence-corrected chi connectivity index (χ2v) is 7.00. The lowest BCUT2D eigenvalue weighted by Gasteiger charge is -2.24. The molecule has 2 aliphatic heterocycles. The molecule has 6 unspecified atom stereocenters. The summed E-state index contributed by atoms with van der Waals surface area (Å²) in [5.41, 5.74) is 0. The number of carbonyl (C=O) groups is 1. The number of rotatable bonds is 3. The molecule has 17 heavy (non-hydrogen) atoms. The van der Waals surface area contributed by atoms with Crippen LogP contribution in [0.2, 0.25) is 0 Å². The first kappa shape index (κ1) is 10.5. The zero-order chi connectivity index (χ0) is 11.4. The third kappa shape index (κ3) is 1.68. The van der Waals surface area contributed by atoms with Crippen molar-refractivity contribution in [3.05, 3.63) is 0 Å². The highest BCUT2D eigenvalue weighted by atomic mass is 16.1. The van der Waals surface area contributed by atoms with E-state index in [4.69, 9.17) is 0 Å². The predicted octanol–water partition coefficient (Wildman–Crippen LogP) is 2.52. The normalized spacial score (nSPS) is 51.3. The Morgan fingerprint density at radius 3 is 2.59 bits per heavy atom. The van der Waals surface area contributed by atoms with Crippen LogP contribution in [0, 0.1) is 23.7 Å². The highest BCUT2D eigenvalue weighted by molar-refractivity contribution is 5.82. The van der Waals surface area contributed by atoms with Crippen LogP contribution < -0.4 is 5.32 Å². The van der Waals surface area contributed by atoms with Gasteiger partial charge in [-0.15, -0.1) is 0 Å². The summed E-state index contributed by atoms with van der Waals surface area (Å²) in [5.74, 6) is 3.64. The van der Waals surface area contributed by atoms with Gasteiger partial charge in [-0.3, -0.25) is 4.79 Å². The van der Waals surface area contributed by atoms with Crippen LogP contribution in [0.4, 0.5) is 0 Å². The largest absolute Gasteiger partial charge is 0.310 e. The molecule has 4 fully saturated rings. The smallest absolute Gasteiger partial charge is 0.137 e. The van der Waals surface area contributed by atoms with Crippen LogP contribution in [0.1, 0.15) is 51.4 Å². The van der Waals surface area contributed by atoms with Crippen molar-refractivity contribution in [2.75, 3.05) is 0 Å². The summed E-state index contributed by atoms with van der Waals surface area (Å²) in [7, 11) is 0. The van der Waals surface area contributed by atoms with E-state index in [0.717, 1.165) is 30.6 Å². The van der Waals surface area contributed by atoms with Gasteiger partial charge >= 0.3 is 0 Å². The molecule has 2 nitrogen and oxygen atoms in total. The zero-order valence-corrected chi connectivity index (χ0v) is 10.5. The molecule has 0 spiro atoms. The van der Waals surface area contributed by atoms with Crippen LogP contribution in [0.15, 0.2) is 0 Å². The number of carbonyl (C=O) groups excluding carboxylic acids is 1. The minimum atomic E-state index is 0.382. The lowest BCUT2D eigenvalue weighted by molar-refractivity contribution is -0.124. The Labute approximate surface area is 104 Å². The fourth-order valence-corrected chi connectivity index (χ4v) is 5.22. The van der Waals surface area contributed by atoms with Crippen molar-refractivity contribution in [1.82, 2.24) is 5.32 Å². The average Bonchev–Trinajstić information content (AvgIpc) is 3.08. The fourth-order valence-electron chi connectivity index (χ4n) is 5.22. The molecule has 4 bridgehead atoms. The Kier molecular flexibility index (Phi) is 2.36. The first-order valence-electron chi connectivity index (χ1n) is 7.58. The van der Waals surface area contributed by atoms with Crippen molar-refractivity contribution in [3.8, 4) is 0 Å². The molecule has 1 N–H and O–H groups in total. The summed E-state index contributed by atoms with van der Waals surface area (Å²) in [4.78, 5) is 12.4. The topological polar surface area (TPSA) is 29.1 Å². The van der Waals surface area contributed by atoms with Gasteiger partial charge in [-0.05, 0) is 56.3 Å². The molecular weight excluding hydrogens is 210 g/mol. The summed E-state index contributed by atoms with van der Waals surface area (Å²) < 4.78 is 0. The van der Waals surface area contributed by atoms with E-state index in [2.05, 4.69) is 5.32 Å². The molecule has 0 aromatic rings.